The molecular weight excluding hydrogens is 438 g/mol. The smallest absolute Gasteiger partial charge is 0.451 e. The fourth-order valence-electron chi connectivity index (χ4n) is 1.89. The van der Waals surface area contributed by atoms with E-state index in [0.29, 0.717) is 9.53 Å². The van der Waals surface area contributed by atoms with E-state index in [2.05, 4.69) is 4.74 Å². The number of hydrogen-bond acceptors (Lipinski definition) is 3. The average Bonchev–Trinajstić information content (AvgIpc) is 2.91. The third-order valence-electron chi connectivity index (χ3n) is 2.97. The van der Waals surface area contributed by atoms with Crippen LogP contribution in [0, 0.1) is 3.77 Å². The molecule has 0 saturated carbocycles. The van der Waals surface area contributed by atoms with Crippen LogP contribution in [0.4, 0.5) is 13.2 Å². The molecule has 1 aromatic carbocycles. The normalized spacial score (nSPS) is 11.7. The van der Waals surface area contributed by atoms with Crippen molar-refractivity contribution in [3.63, 3.8) is 0 Å². The van der Waals surface area contributed by atoms with E-state index < -0.39 is 6.36 Å². The maximum atomic E-state index is 12.4. The molecule has 2 rings (SSSR count). The molecule has 8 heteroatoms. The second-order valence-corrected chi connectivity index (χ2v) is 5.89. The van der Waals surface area contributed by atoms with Gasteiger partial charge < -0.3 is 14.1 Å². The lowest BCUT2D eigenvalue weighted by Gasteiger charge is -2.18. The molecule has 0 N–H and O–H groups in total. The third kappa shape index (κ3) is 5.59. The Bertz CT molecular complexity index is 740. The number of hydrogen-bond donors (Lipinski definition) is 0. The van der Waals surface area contributed by atoms with E-state index in [-0.39, 0.29) is 23.8 Å². The van der Waals surface area contributed by atoms with E-state index in [9.17, 15) is 18.0 Å². The minimum absolute atomic E-state index is 0.0227. The first kappa shape index (κ1) is 18.4. The lowest BCUT2D eigenvalue weighted by Crippen LogP contribution is -2.25. The number of nitrogens with zero attached hydrogens (tertiary/aromatic N) is 1. The summed E-state index contributed by atoms with van der Waals surface area (Å²) >= 11 is 2.00. The van der Waals surface area contributed by atoms with E-state index in [1.807, 2.05) is 22.6 Å². The molecule has 0 aliphatic heterocycles. The summed E-state index contributed by atoms with van der Waals surface area (Å²) in [5, 5.41) is 0. The SMILES string of the molecule is CN(Cc1ccccc1OC(F)(F)F)C(=O)/C=C/c1ccc(I)o1. The van der Waals surface area contributed by atoms with Crippen molar-refractivity contribution in [1.82, 2.24) is 4.90 Å². The van der Waals surface area contributed by atoms with E-state index in [1.165, 1.54) is 42.3 Å². The molecule has 0 saturated heterocycles. The molecule has 2 aromatic rings. The summed E-state index contributed by atoms with van der Waals surface area (Å²) < 4.78 is 47.2. The van der Waals surface area contributed by atoms with Gasteiger partial charge in [0.25, 0.3) is 0 Å². The zero-order valence-electron chi connectivity index (χ0n) is 12.5. The highest BCUT2D eigenvalue weighted by Gasteiger charge is 2.32. The van der Waals surface area contributed by atoms with Gasteiger partial charge in [-0.15, -0.1) is 13.2 Å². The number of amides is 1. The fraction of sp³-hybridized carbons (Fsp3) is 0.188. The zero-order chi connectivity index (χ0) is 17.7. The molecule has 4 nitrogen and oxygen atoms in total. The van der Waals surface area contributed by atoms with Crippen molar-refractivity contribution in [2.75, 3.05) is 7.05 Å². The Morgan fingerprint density at radius 3 is 2.62 bits per heavy atom. The molecule has 1 amide bonds. The summed E-state index contributed by atoms with van der Waals surface area (Å²) in [6, 6.07) is 9.16. The summed E-state index contributed by atoms with van der Waals surface area (Å²) in [5.74, 6) is -0.181. The van der Waals surface area contributed by atoms with Gasteiger partial charge in [-0.1, -0.05) is 18.2 Å². The topological polar surface area (TPSA) is 42.7 Å². The van der Waals surface area contributed by atoms with Crippen molar-refractivity contribution in [1.29, 1.82) is 0 Å². The Labute approximate surface area is 150 Å². The maximum Gasteiger partial charge on any atom is 0.573 e. The second-order valence-electron chi connectivity index (χ2n) is 4.83. The highest BCUT2D eigenvalue weighted by molar-refractivity contribution is 14.1. The minimum atomic E-state index is -4.78. The molecule has 128 valence electrons. The number of rotatable bonds is 5. The van der Waals surface area contributed by atoms with Gasteiger partial charge in [-0.3, -0.25) is 4.79 Å². The first-order valence-corrected chi connectivity index (χ1v) is 7.84. The van der Waals surface area contributed by atoms with Crippen LogP contribution >= 0.6 is 22.6 Å². The van der Waals surface area contributed by atoms with Gasteiger partial charge in [-0.25, -0.2) is 0 Å². The molecule has 1 aromatic heterocycles. The van der Waals surface area contributed by atoms with Crippen molar-refractivity contribution in [3.05, 3.63) is 57.6 Å². The Balaban J connectivity index is 2.05. The molecule has 0 unspecified atom stereocenters. The lowest BCUT2D eigenvalue weighted by molar-refractivity contribution is -0.275. The quantitative estimate of drug-likeness (QED) is 0.499. The predicted molar refractivity (Wildman–Crippen MR) is 90.1 cm³/mol. The number of likely N-dealkylation sites (N-methyl/N-ethyl adjacent to an activating group) is 1. The summed E-state index contributed by atoms with van der Waals surface area (Å²) in [6.07, 6.45) is -1.99. The zero-order valence-corrected chi connectivity index (χ0v) is 14.7. The van der Waals surface area contributed by atoms with Crippen molar-refractivity contribution in [3.8, 4) is 5.75 Å². The largest absolute Gasteiger partial charge is 0.573 e. The van der Waals surface area contributed by atoms with Gasteiger partial charge in [0.1, 0.15) is 11.5 Å². The Kier molecular flexibility index (Phi) is 5.92. The van der Waals surface area contributed by atoms with Crippen LogP contribution in [-0.2, 0) is 11.3 Å². The molecule has 0 spiro atoms. The monoisotopic (exact) mass is 451 g/mol. The number of alkyl halides is 3. The van der Waals surface area contributed by atoms with Crippen LogP contribution in [0.15, 0.2) is 46.9 Å². The van der Waals surface area contributed by atoms with E-state index in [0.717, 1.165) is 0 Å². The van der Waals surface area contributed by atoms with Gasteiger partial charge in [0.2, 0.25) is 5.91 Å². The highest BCUT2D eigenvalue weighted by atomic mass is 127. The number of carbonyl (C=O) groups is 1. The molecular formula is C16H13F3INO3. The van der Waals surface area contributed by atoms with Crippen molar-refractivity contribution < 1.29 is 27.1 Å². The lowest BCUT2D eigenvalue weighted by atomic mass is 10.2. The van der Waals surface area contributed by atoms with Crippen LogP contribution < -0.4 is 4.74 Å². The molecule has 0 aliphatic carbocycles. The predicted octanol–water partition coefficient (Wildman–Crippen LogP) is 4.45. The van der Waals surface area contributed by atoms with E-state index in [1.54, 1.807) is 18.2 Å². The Morgan fingerprint density at radius 2 is 2.00 bits per heavy atom. The van der Waals surface area contributed by atoms with Crippen LogP contribution in [0.25, 0.3) is 6.08 Å². The second kappa shape index (κ2) is 7.73. The number of carbonyl (C=O) groups excluding carboxylic acids is 1. The van der Waals surface area contributed by atoms with Crippen LogP contribution in [-0.4, -0.2) is 24.2 Å². The third-order valence-corrected chi connectivity index (χ3v) is 3.55. The van der Waals surface area contributed by atoms with Gasteiger partial charge in [0.05, 0.1) is 0 Å². The first-order chi connectivity index (χ1) is 11.2. The maximum absolute atomic E-state index is 12.4. The minimum Gasteiger partial charge on any atom is -0.451 e. The van der Waals surface area contributed by atoms with Crippen molar-refractivity contribution in [2.24, 2.45) is 0 Å². The molecule has 0 fully saturated rings. The first-order valence-electron chi connectivity index (χ1n) is 6.77. The molecule has 24 heavy (non-hydrogen) atoms. The molecule has 1 heterocycles. The number of furan rings is 1. The standard InChI is InChI=1S/C16H13F3INO3/c1-21(15(22)9-7-12-6-8-14(20)23-12)10-11-4-2-3-5-13(11)24-16(17,18)19/h2-9H,10H2,1H3/b9-7+. The van der Waals surface area contributed by atoms with E-state index >= 15 is 0 Å². The summed E-state index contributed by atoms with van der Waals surface area (Å²) in [4.78, 5) is 13.3. The molecule has 0 aliphatic rings. The number of halogens is 4. The van der Waals surface area contributed by atoms with Crippen LogP contribution in [0.2, 0.25) is 0 Å². The van der Waals surface area contributed by atoms with Crippen LogP contribution in [0.3, 0.4) is 0 Å². The molecule has 0 radical (unpaired) electrons. The van der Waals surface area contributed by atoms with Gasteiger partial charge >= 0.3 is 6.36 Å². The van der Waals surface area contributed by atoms with Gasteiger partial charge in [0, 0.05) is 25.2 Å². The number of ether oxygens (including phenoxy) is 1. The van der Waals surface area contributed by atoms with Crippen molar-refractivity contribution >= 4 is 34.6 Å². The molecule has 0 bridgehead atoms. The van der Waals surface area contributed by atoms with Crippen LogP contribution in [0.1, 0.15) is 11.3 Å². The average molecular weight is 451 g/mol. The van der Waals surface area contributed by atoms with Gasteiger partial charge in [0.15, 0.2) is 3.77 Å². The fourth-order valence-corrected chi connectivity index (χ4v) is 2.32. The van der Waals surface area contributed by atoms with Crippen molar-refractivity contribution in [2.45, 2.75) is 12.9 Å². The highest BCUT2D eigenvalue weighted by Crippen LogP contribution is 2.27. The Hall–Kier alpha value is -1.97. The summed E-state index contributed by atoms with van der Waals surface area (Å²) in [7, 11) is 1.49. The van der Waals surface area contributed by atoms with Gasteiger partial charge in [-0.05, 0) is 46.9 Å². The summed E-state index contributed by atoms with van der Waals surface area (Å²) in [5.41, 5.74) is 0.256. The summed E-state index contributed by atoms with van der Waals surface area (Å²) in [6.45, 7) is -0.0227. The van der Waals surface area contributed by atoms with E-state index in [4.69, 9.17) is 4.42 Å². The Morgan fingerprint density at radius 1 is 1.29 bits per heavy atom. The molecule has 0 atom stereocenters. The van der Waals surface area contributed by atoms with Crippen LogP contribution in [0.5, 0.6) is 5.75 Å². The number of benzene rings is 1. The number of para-hydroxylation sites is 1. The van der Waals surface area contributed by atoms with Gasteiger partial charge in [-0.2, -0.15) is 0 Å².